The Morgan fingerprint density at radius 2 is 0.700 bits per heavy atom. The summed E-state index contributed by atoms with van der Waals surface area (Å²) in [4.78, 5) is 0. The summed E-state index contributed by atoms with van der Waals surface area (Å²) in [6.45, 7) is 0.309. The van der Waals surface area contributed by atoms with Crippen LogP contribution < -0.4 is 67.8 Å². The Balaban J connectivity index is 0.00000110. The van der Waals surface area contributed by atoms with E-state index in [1.54, 1.807) is 0 Å². The van der Waals surface area contributed by atoms with Crippen LogP contribution in [0.3, 0.4) is 0 Å². The Bertz CT molecular complexity index is 535. The molecule has 0 atom stereocenters. The SMILES string of the molecule is [H-].[K+].c1ccc(B(c2ccccc2)c2ccccc2)cc1. The third kappa shape index (κ3) is 3.72. The second-order valence-electron chi connectivity index (χ2n) is 4.67. The summed E-state index contributed by atoms with van der Waals surface area (Å²) in [6.07, 6.45) is 0. The van der Waals surface area contributed by atoms with Crippen LogP contribution in [0.5, 0.6) is 0 Å². The Kier molecular flexibility index (Phi) is 6.27. The summed E-state index contributed by atoms with van der Waals surface area (Å²) in [5.74, 6) is 0. The van der Waals surface area contributed by atoms with Gasteiger partial charge in [0.1, 0.15) is 0 Å². The summed E-state index contributed by atoms with van der Waals surface area (Å²) in [6, 6.07) is 32.0. The van der Waals surface area contributed by atoms with Gasteiger partial charge in [0, 0.05) is 0 Å². The van der Waals surface area contributed by atoms with Crippen molar-refractivity contribution in [3.63, 3.8) is 0 Å². The number of hydrogen-bond donors (Lipinski definition) is 0. The van der Waals surface area contributed by atoms with Gasteiger partial charge in [-0.05, 0) is 0 Å². The largest absolute Gasteiger partial charge is 1.00 e. The van der Waals surface area contributed by atoms with Crippen LogP contribution in [0.1, 0.15) is 1.43 Å². The van der Waals surface area contributed by atoms with Gasteiger partial charge < -0.3 is 1.43 Å². The molecule has 0 bridgehead atoms. The summed E-state index contributed by atoms with van der Waals surface area (Å²) in [5.41, 5.74) is 4.00. The minimum Gasteiger partial charge on any atom is -1.00 e. The van der Waals surface area contributed by atoms with Gasteiger partial charge in [0.05, 0.1) is 0 Å². The van der Waals surface area contributed by atoms with Crippen LogP contribution >= 0.6 is 0 Å². The maximum absolute atomic E-state index is 2.20. The van der Waals surface area contributed by atoms with Gasteiger partial charge in [-0.2, -0.15) is 0 Å². The molecule has 2 heteroatoms. The van der Waals surface area contributed by atoms with Gasteiger partial charge in [-0.1, -0.05) is 107 Å². The normalized spacial score (nSPS) is 9.60. The third-order valence-corrected chi connectivity index (χ3v) is 3.40. The molecule has 0 unspecified atom stereocenters. The van der Waals surface area contributed by atoms with Crippen molar-refractivity contribution in [3.8, 4) is 0 Å². The maximum atomic E-state index is 2.20. The van der Waals surface area contributed by atoms with Crippen LogP contribution in [0.4, 0.5) is 0 Å². The van der Waals surface area contributed by atoms with Crippen LogP contribution in [-0.2, 0) is 0 Å². The van der Waals surface area contributed by atoms with Crippen LogP contribution in [0, 0.1) is 0 Å². The minimum absolute atomic E-state index is 0. The Morgan fingerprint density at radius 1 is 0.450 bits per heavy atom. The minimum atomic E-state index is 0. The summed E-state index contributed by atoms with van der Waals surface area (Å²) < 4.78 is 0. The van der Waals surface area contributed by atoms with Gasteiger partial charge in [0.25, 0.3) is 0 Å². The monoisotopic (exact) mass is 282 g/mol. The molecule has 0 spiro atoms. The Labute approximate surface area is 165 Å². The first-order valence-corrected chi connectivity index (χ1v) is 6.60. The fraction of sp³-hybridized carbons (Fsp3) is 0. The van der Waals surface area contributed by atoms with Crippen molar-refractivity contribution in [2.45, 2.75) is 0 Å². The van der Waals surface area contributed by atoms with E-state index in [-0.39, 0.29) is 52.8 Å². The molecule has 0 fully saturated rings. The third-order valence-electron chi connectivity index (χ3n) is 3.40. The van der Waals surface area contributed by atoms with Crippen LogP contribution in [0.15, 0.2) is 91.0 Å². The molecule has 0 saturated heterocycles. The fourth-order valence-corrected chi connectivity index (χ4v) is 2.51. The van der Waals surface area contributed by atoms with Crippen molar-refractivity contribution < 1.29 is 52.8 Å². The van der Waals surface area contributed by atoms with E-state index in [0.717, 1.165) is 0 Å². The molecule has 0 N–H and O–H groups in total. The quantitative estimate of drug-likeness (QED) is 0.558. The number of rotatable bonds is 3. The molecule has 20 heavy (non-hydrogen) atoms. The van der Waals surface area contributed by atoms with Crippen molar-refractivity contribution >= 4 is 23.1 Å². The van der Waals surface area contributed by atoms with Gasteiger partial charge in [0.15, 0.2) is 0 Å². The number of benzene rings is 3. The fourth-order valence-electron chi connectivity index (χ4n) is 2.51. The first-order chi connectivity index (χ1) is 9.45. The zero-order valence-corrected chi connectivity index (χ0v) is 14.9. The van der Waals surface area contributed by atoms with Crippen LogP contribution in [-0.4, -0.2) is 6.71 Å². The molecule has 0 amide bonds. The van der Waals surface area contributed by atoms with Gasteiger partial charge in [-0.25, -0.2) is 0 Å². The average molecular weight is 282 g/mol. The molecule has 0 radical (unpaired) electrons. The Hall–Kier alpha value is -0.639. The van der Waals surface area contributed by atoms with E-state index in [1.807, 2.05) is 0 Å². The van der Waals surface area contributed by atoms with E-state index in [4.69, 9.17) is 0 Å². The summed E-state index contributed by atoms with van der Waals surface area (Å²) in [7, 11) is 0. The van der Waals surface area contributed by atoms with E-state index in [2.05, 4.69) is 91.0 Å². The molecular weight excluding hydrogens is 266 g/mol. The smallest absolute Gasteiger partial charge is 1.00 e. The van der Waals surface area contributed by atoms with E-state index >= 15 is 0 Å². The molecule has 0 aliphatic heterocycles. The maximum Gasteiger partial charge on any atom is 1.00 e. The molecular formula is C18H16BK. The second-order valence-corrected chi connectivity index (χ2v) is 4.67. The predicted molar refractivity (Wildman–Crippen MR) is 85.1 cm³/mol. The first-order valence-electron chi connectivity index (χ1n) is 6.60. The van der Waals surface area contributed by atoms with E-state index < -0.39 is 0 Å². The molecule has 3 aromatic carbocycles. The van der Waals surface area contributed by atoms with Gasteiger partial charge >= 0.3 is 51.4 Å². The molecule has 0 aromatic heterocycles. The second kappa shape index (κ2) is 7.96. The topological polar surface area (TPSA) is 0 Å². The van der Waals surface area contributed by atoms with Gasteiger partial charge in [-0.3, -0.25) is 0 Å². The average Bonchev–Trinajstić information content (AvgIpc) is 2.51. The predicted octanol–water partition coefficient (Wildman–Crippen LogP) is -0.681. The van der Waals surface area contributed by atoms with Crippen LogP contribution in [0.2, 0.25) is 0 Å². The molecule has 92 valence electrons. The van der Waals surface area contributed by atoms with E-state index in [9.17, 15) is 0 Å². The summed E-state index contributed by atoms with van der Waals surface area (Å²) >= 11 is 0. The van der Waals surface area contributed by atoms with E-state index in [0.29, 0.717) is 6.71 Å². The number of hydrogen-bond acceptors (Lipinski definition) is 0. The molecule has 0 saturated carbocycles. The van der Waals surface area contributed by atoms with Gasteiger partial charge in [0.2, 0.25) is 6.71 Å². The zero-order chi connectivity index (χ0) is 12.9. The molecule has 0 aliphatic carbocycles. The standard InChI is InChI=1S/C18H15B.K.H/c1-4-10-16(11-5-1)19(17-12-6-2-7-13-17)18-14-8-3-9-15-18;;/h1-15H;;/q;+1;-1. The van der Waals surface area contributed by atoms with Gasteiger partial charge in [-0.15, -0.1) is 0 Å². The van der Waals surface area contributed by atoms with Crippen molar-refractivity contribution in [2.75, 3.05) is 0 Å². The molecule has 3 rings (SSSR count). The molecule has 0 heterocycles. The van der Waals surface area contributed by atoms with Crippen molar-refractivity contribution in [3.05, 3.63) is 91.0 Å². The van der Waals surface area contributed by atoms with Crippen molar-refractivity contribution in [2.24, 2.45) is 0 Å². The summed E-state index contributed by atoms with van der Waals surface area (Å²) in [5, 5.41) is 0. The van der Waals surface area contributed by atoms with E-state index in [1.165, 1.54) is 16.4 Å². The molecule has 3 aromatic rings. The van der Waals surface area contributed by atoms with Crippen LogP contribution in [0.25, 0.3) is 0 Å². The Morgan fingerprint density at radius 3 is 0.950 bits per heavy atom. The first kappa shape index (κ1) is 15.7. The van der Waals surface area contributed by atoms with Crippen molar-refractivity contribution in [1.29, 1.82) is 0 Å². The molecule has 0 nitrogen and oxygen atoms in total. The zero-order valence-electron chi connectivity index (χ0n) is 12.7. The van der Waals surface area contributed by atoms with Crippen molar-refractivity contribution in [1.82, 2.24) is 0 Å². The molecule has 0 aliphatic rings.